The van der Waals surface area contributed by atoms with Crippen LogP contribution in [0.4, 0.5) is 23.1 Å². The third-order valence-corrected chi connectivity index (χ3v) is 7.77. The minimum Gasteiger partial charge on any atom is -0.457 e. The number of hydrogen-bond acceptors (Lipinski definition) is 10. The topological polar surface area (TPSA) is 133 Å². The van der Waals surface area contributed by atoms with E-state index in [1.54, 1.807) is 18.3 Å². The van der Waals surface area contributed by atoms with E-state index in [1.807, 2.05) is 56.4 Å². The number of anilines is 4. The van der Waals surface area contributed by atoms with Crippen LogP contribution in [0.15, 0.2) is 78.0 Å². The first-order valence-corrected chi connectivity index (χ1v) is 13.8. The van der Waals surface area contributed by atoms with Gasteiger partial charge >= 0.3 is 0 Å². The Morgan fingerprint density at radius 2 is 1.93 bits per heavy atom. The van der Waals surface area contributed by atoms with Gasteiger partial charge in [0.2, 0.25) is 11.9 Å². The maximum absolute atomic E-state index is 11.8. The molecule has 42 heavy (non-hydrogen) atoms. The van der Waals surface area contributed by atoms with E-state index in [2.05, 4.69) is 47.4 Å². The van der Waals surface area contributed by atoms with Crippen molar-refractivity contribution in [3.05, 3.63) is 73.2 Å². The number of piperidine rings is 2. The number of nitrogens with one attached hydrogen (secondary N) is 2. The number of carbonyl (C=O) groups is 1. The average molecular weight is 565 g/mol. The van der Waals surface area contributed by atoms with Gasteiger partial charge in [-0.2, -0.15) is 5.11 Å². The van der Waals surface area contributed by atoms with Gasteiger partial charge in [-0.25, -0.2) is 19.9 Å². The van der Waals surface area contributed by atoms with Crippen molar-refractivity contribution in [2.24, 2.45) is 22.2 Å². The van der Waals surface area contributed by atoms with Crippen molar-refractivity contribution in [1.82, 2.24) is 25.3 Å². The van der Waals surface area contributed by atoms with Gasteiger partial charge in [0.1, 0.15) is 28.9 Å². The predicted octanol–water partition coefficient (Wildman–Crippen LogP) is 4.82. The molecule has 1 saturated carbocycles. The van der Waals surface area contributed by atoms with Crippen LogP contribution >= 0.6 is 0 Å². The molecule has 4 heterocycles. The van der Waals surface area contributed by atoms with Crippen molar-refractivity contribution in [3.63, 3.8) is 0 Å². The van der Waals surface area contributed by atoms with Gasteiger partial charge in [0.15, 0.2) is 5.82 Å². The van der Waals surface area contributed by atoms with Crippen molar-refractivity contribution >= 4 is 40.1 Å². The van der Waals surface area contributed by atoms with Gasteiger partial charge in [0.05, 0.1) is 18.9 Å². The molecule has 0 spiro atoms. The minimum absolute atomic E-state index is 0.120. The predicted molar refractivity (Wildman–Crippen MR) is 161 cm³/mol. The molecule has 2 aromatic carbocycles. The van der Waals surface area contributed by atoms with Gasteiger partial charge in [-0.15, -0.1) is 0 Å². The number of aryl methyl sites for hydroxylation is 1. The quantitative estimate of drug-likeness (QED) is 0.167. The molecule has 3 fully saturated rings. The lowest BCUT2D eigenvalue weighted by Gasteiger charge is -2.53. The van der Waals surface area contributed by atoms with Crippen LogP contribution in [0, 0.1) is 18.8 Å². The average Bonchev–Trinajstić information content (AvgIpc) is 3.01. The number of amides is 1. The molecule has 2 saturated heterocycles. The van der Waals surface area contributed by atoms with Gasteiger partial charge in [-0.3, -0.25) is 9.80 Å². The Balaban J connectivity index is 1.16. The molecule has 1 amide bonds. The lowest BCUT2D eigenvalue weighted by Crippen LogP contribution is -2.64. The van der Waals surface area contributed by atoms with Crippen LogP contribution in [-0.4, -0.2) is 59.1 Å². The Hall–Kier alpha value is -5.13. The van der Waals surface area contributed by atoms with E-state index in [0.717, 1.165) is 47.9 Å². The van der Waals surface area contributed by atoms with Gasteiger partial charge < -0.3 is 20.3 Å². The number of carbonyl (C=O) groups excluding carboxylic acids is 1. The Kier molecular flexibility index (Phi) is 7.34. The van der Waals surface area contributed by atoms with Crippen LogP contribution in [0.3, 0.4) is 0 Å². The van der Waals surface area contributed by atoms with Gasteiger partial charge in [-0.05, 0) is 79.3 Å². The van der Waals surface area contributed by atoms with Crippen molar-refractivity contribution in [2.45, 2.75) is 19.4 Å². The summed E-state index contributed by atoms with van der Waals surface area (Å²) < 4.78 is 6.13. The molecule has 214 valence electrons. The molecule has 3 aliphatic rings. The molecule has 2 atom stereocenters. The molecule has 2 N–H and O–H groups in total. The zero-order valence-electron chi connectivity index (χ0n) is 23.7. The standard InChI is InChI=1S/C30H32N10O2/c1-5-26(41)36-27-19-13-20(27)16-40(15-19)30-32-14-24-28(37-30)29(34-17-33-24)35-21-6-11-25(18(2)12-21)42-23-9-7-22(8-10-23)39(4)38-31-3/h5-12,14,17,19-20,27H,1,13,15-16H2,2-4H3,(H,36,41)(H,33,34,35). The third-order valence-electron chi connectivity index (χ3n) is 7.77. The summed E-state index contributed by atoms with van der Waals surface area (Å²) in [6.45, 7) is 7.12. The number of rotatable bonds is 9. The van der Waals surface area contributed by atoms with Crippen molar-refractivity contribution in [1.29, 1.82) is 0 Å². The summed E-state index contributed by atoms with van der Waals surface area (Å²) in [5, 5.41) is 16.0. The first-order chi connectivity index (χ1) is 20.4. The number of nitrogens with zero attached hydrogens (tertiary/aromatic N) is 8. The number of hydrogen-bond donors (Lipinski definition) is 2. The zero-order chi connectivity index (χ0) is 29.2. The minimum atomic E-state index is -0.120. The highest BCUT2D eigenvalue weighted by molar-refractivity contribution is 5.88. The summed E-state index contributed by atoms with van der Waals surface area (Å²) in [5.74, 6) is 3.32. The maximum atomic E-state index is 11.8. The van der Waals surface area contributed by atoms with Crippen molar-refractivity contribution in [2.75, 3.05) is 42.4 Å². The van der Waals surface area contributed by atoms with E-state index < -0.39 is 0 Å². The summed E-state index contributed by atoms with van der Waals surface area (Å²) in [4.78, 5) is 32.3. The summed E-state index contributed by atoms with van der Waals surface area (Å²) in [6.07, 6.45) is 5.66. The number of benzene rings is 2. The van der Waals surface area contributed by atoms with Gasteiger partial charge in [0, 0.05) is 31.9 Å². The normalized spacial score (nSPS) is 19.3. The van der Waals surface area contributed by atoms with E-state index in [4.69, 9.17) is 9.72 Å². The zero-order valence-corrected chi connectivity index (χ0v) is 23.7. The van der Waals surface area contributed by atoms with Crippen LogP contribution < -0.4 is 25.3 Å². The molecule has 12 nitrogen and oxygen atoms in total. The number of ether oxygens (including phenoxy) is 1. The Labute approximate surface area is 243 Å². The summed E-state index contributed by atoms with van der Waals surface area (Å²) in [7, 11) is 3.47. The van der Waals surface area contributed by atoms with Gasteiger partial charge in [-0.1, -0.05) is 11.8 Å². The van der Waals surface area contributed by atoms with E-state index >= 15 is 0 Å². The fourth-order valence-corrected chi connectivity index (χ4v) is 5.62. The highest BCUT2D eigenvalue weighted by Gasteiger charge is 2.47. The number of aromatic nitrogens is 4. The molecule has 2 aromatic heterocycles. The van der Waals surface area contributed by atoms with Crippen LogP contribution in [0.5, 0.6) is 11.5 Å². The molecule has 0 radical (unpaired) electrons. The summed E-state index contributed by atoms with van der Waals surface area (Å²) >= 11 is 0. The van der Waals surface area contributed by atoms with E-state index in [9.17, 15) is 4.79 Å². The highest BCUT2D eigenvalue weighted by atomic mass is 16.5. The number of fused-ring (bicyclic) bond motifs is 3. The Morgan fingerprint density at radius 1 is 1.14 bits per heavy atom. The fraction of sp³-hybridized carbons (Fsp3) is 0.300. The van der Waals surface area contributed by atoms with Crippen LogP contribution in [-0.2, 0) is 4.79 Å². The molecule has 12 heteroatoms. The second-order valence-corrected chi connectivity index (χ2v) is 10.5. The Bertz CT molecular complexity index is 1650. The molecular weight excluding hydrogens is 532 g/mol. The third kappa shape index (κ3) is 5.42. The smallest absolute Gasteiger partial charge is 0.243 e. The lowest BCUT2D eigenvalue weighted by atomic mass is 9.66. The SMILES string of the molecule is C=CC(=O)NC1C2CC1CN(c1ncc3ncnc(Nc4ccc(Oc5ccc(N(C)N=NC)cc5)c(C)c4)c3n1)C2. The largest absolute Gasteiger partial charge is 0.457 e. The van der Waals surface area contributed by atoms with Crippen LogP contribution in [0.2, 0.25) is 0 Å². The van der Waals surface area contributed by atoms with Crippen LogP contribution in [0.1, 0.15) is 12.0 Å². The molecule has 7 rings (SSSR count). The van der Waals surface area contributed by atoms with E-state index in [0.29, 0.717) is 34.6 Å². The second-order valence-electron chi connectivity index (χ2n) is 10.5. The maximum Gasteiger partial charge on any atom is 0.243 e. The second kappa shape index (κ2) is 11.4. The van der Waals surface area contributed by atoms with E-state index in [1.165, 1.54) is 12.4 Å². The molecule has 2 aliphatic heterocycles. The molecular formula is C30H32N10O2. The molecule has 2 bridgehead atoms. The lowest BCUT2D eigenvalue weighted by molar-refractivity contribution is -0.119. The molecule has 2 unspecified atom stereocenters. The molecule has 4 aromatic rings. The first kappa shape index (κ1) is 27.1. The van der Waals surface area contributed by atoms with Crippen molar-refractivity contribution < 1.29 is 9.53 Å². The summed E-state index contributed by atoms with van der Waals surface area (Å²) in [5.41, 5.74) is 4.01. The van der Waals surface area contributed by atoms with Crippen LogP contribution in [0.25, 0.3) is 11.0 Å². The molecule has 1 aliphatic carbocycles. The van der Waals surface area contributed by atoms with Gasteiger partial charge in [0.25, 0.3) is 0 Å². The monoisotopic (exact) mass is 564 g/mol. The van der Waals surface area contributed by atoms with E-state index in [-0.39, 0.29) is 11.9 Å². The Morgan fingerprint density at radius 3 is 2.64 bits per heavy atom. The van der Waals surface area contributed by atoms with Crippen molar-refractivity contribution in [3.8, 4) is 11.5 Å². The fourth-order valence-electron chi connectivity index (χ4n) is 5.62. The highest BCUT2D eigenvalue weighted by Crippen LogP contribution is 2.41. The summed E-state index contributed by atoms with van der Waals surface area (Å²) in [6, 6.07) is 13.7. The first-order valence-electron chi connectivity index (χ1n) is 13.8.